The first kappa shape index (κ1) is 10.9. The van der Waals surface area contributed by atoms with Crippen LogP contribution in [0.5, 0.6) is 0 Å². The van der Waals surface area contributed by atoms with Crippen LogP contribution < -0.4 is 0 Å². The minimum atomic E-state index is -0.206. The Morgan fingerprint density at radius 3 is 3.00 bits per heavy atom. The number of hydrogen-bond donors (Lipinski definition) is 0. The summed E-state index contributed by atoms with van der Waals surface area (Å²) in [7, 11) is 0. The average molecular weight is 260 g/mol. The van der Waals surface area contributed by atoms with E-state index in [0.717, 1.165) is 15.5 Å². The van der Waals surface area contributed by atoms with Crippen molar-refractivity contribution in [3.05, 3.63) is 45.6 Å². The van der Waals surface area contributed by atoms with Gasteiger partial charge in [-0.25, -0.2) is 9.37 Å². The van der Waals surface area contributed by atoms with Gasteiger partial charge in [-0.1, -0.05) is 17.7 Å². The molecule has 0 spiro atoms. The summed E-state index contributed by atoms with van der Waals surface area (Å²) in [5, 5.41) is 0. The second-order valence-corrected chi connectivity index (χ2v) is 5.57. The van der Waals surface area contributed by atoms with Crippen LogP contribution in [0.1, 0.15) is 4.88 Å². The molecule has 2 aromatic rings. The lowest BCUT2D eigenvalue weighted by Crippen LogP contribution is -1.77. The Morgan fingerprint density at radius 1 is 1.47 bits per heavy atom. The highest BCUT2D eigenvalue weighted by Gasteiger charge is 2.01. The molecule has 78 valence electrons. The second-order valence-electron chi connectivity index (χ2n) is 2.83. The normalized spacial score (nSPS) is 10.5. The third-order valence-electron chi connectivity index (χ3n) is 1.70. The van der Waals surface area contributed by atoms with E-state index in [-0.39, 0.29) is 5.82 Å². The summed E-state index contributed by atoms with van der Waals surface area (Å²) >= 11 is 8.73. The molecule has 1 aromatic carbocycles. The van der Waals surface area contributed by atoms with Crippen molar-refractivity contribution in [1.82, 2.24) is 4.98 Å². The summed E-state index contributed by atoms with van der Waals surface area (Å²) in [5.74, 6) is 0.565. The lowest BCUT2D eigenvalue weighted by Gasteiger charge is -1.98. The molecule has 0 aliphatic heterocycles. The summed E-state index contributed by atoms with van der Waals surface area (Å²) in [6.07, 6.45) is 1.75. The molecule has 0 aliphatic rings. The fourth-order valence-corrected chi connectivity index (χ4v) is 3.00. The predicted octanol–water partition coefficient (Wildman–Crippen LogP) is 4.23. The highest BCUT2D eigenvalue weighted by molar-refractivity contribution is 7.98. The average Bonchev–Trinajstić information content (AvgIpc) is 2.62. The Balaban J connectivity index is 1.99. The molecular weight excluding hydrogens is 253 g/mol. The first-order valence-electron chi connectivity index (χ1n) is 4.22. The van der Waals surface area contributed by atoms with Crippen LogP contribution in [0, 0.1) is 5.82 Å². The number of hydrogen-bond acceptors (Lipinski definition) is 3. The molecule has 1 heterocycles. The molecule has 15 heavy (non-hydrogen) atoms. The van der Waals surface area contributed by atoms with Gasteiger partial charge >= 0.3 is 0 Å². The highest BCUT2D eigenvalue weighted by atomic mass is 35.5. The van der Waals surface area contributed by atoms with E-state index in [1.54, 1.807) is 24.0 Å². The maximum atomic E-state index is 12.9. The van der Waals surface area contributed by atoms with Gasteiger partial charge in [-0.05, 0) is 18.2 Å². The zero-order valence-corrected chi connectivity index (χ0v) is 10.0. The monoisotopic (exact) mass is 259 g/mol. The second kappa shape index (κ2) is 4.96. The van der Waals surface area contributed by atoms with Gasteiger partial charge in [-0.3, -0.25) is 0 Å². The molecular formula is C10H7ClFNS2. The Hall–Kier alpha value is -0.580. The molecule has 0 amide bonds. The number of rotatable bonds is 3. The highest BCUT2D eigenvalue weighted by Crippen LogP contribution is 2.27. The zero-order valence-electron chi connectivity index (χ0n) is 7.61. The van der Waals surface area contributed by atoms with Crippen LogP contribution in [0.2, 0.25) is 4.47 Å². The van der Waals surface area contributed by atoms with Gasteiger partial charge in [0.2, 0.25) is 0 Å². The molecule has 0 fully saturated rings. The standard InChI is InChI=1S/C10H7ClFNS2/c11-10-13-5-9(15-10)6-14-8-3-1-2-7(12)4-8/h1-5H,6H2. The van der Waals surface area contributed by atoms with Crippen LogP contribution in [-0.4, -0.2) is 4.98 Å². The summed E-state index contributed by atoms with van der Waals surface area (Å²) in [6, 6.07) is 6.55. The minimum Gasteiger partial charge on any atom is -0.233 e. The zero-order chi connectivity index (χ0) is 10.7. The van der Waals surface area contributed by atoms with Crippen molar-refractivity contribution in [3.63, 3.8) is 0 Å². The third-order valence-corrected chi connectivity index (χ3v) is 4.04. The predicted molar refractivity (Wildman–Crippen MR) is 63.1 cm³/mol. The van der Waals surface area contributed by atoms with E-state index in [1.165, 1.54) is 23.5 Å². The van der Waals surface area contributed by atoms with Crippen molar-refractivity contribution in [2.45, 2.75) is 10.6 Å². The van der Waals surface area contributed by atoms with Crippen LogP contribution in [-0.2, 0) is 5.75 Å². The van der Waals surface area contributed by atoms with E-state index < -0.39 is 0 Å². The number of benzene rings is 1. The maximum absolute atomic E-state index is 12.9. The van der Waals surface area contributed by atoms with Gasteiger partial charge in [-0.2, -0.15) is 0 Å². The Kier molecular flexibility index (Phi) is 3.61. The molecule has 0 saturated carbocycles. The van der Waals surface area contributed by atoms with Gasteiger partial charge in [-0.15, -0.1) is 23.1 Å². The number of halogens is 2. The molecule has 1 aromatic heterocycles. The first-order chi connectivity index (χ1) is 7.24. The number of aromatic nitrogens is 1. The number of thioether (sulfide) groups is 1. The molecule has 0 radical (unpaired) electrons. The van der Waals surface area contributed by atoms with Crippen molar-refractivity contribution in [1.29, 1.82) is 0 Å². The smallest absolute Gasteiger partial charge is 0.183 e. The van der Waals surface area contributed by atoms with Gasteiger partial charge in [0.05, 0.1) is 0 Å². The van der Waals surface area contributed by atoms with Gasteiger partial charge in [0, 0.05) is 21.7 Å². The molecule has 0 aliphatic carbocycles. The van der Waals surface area contributed by atoms with Crippen LogP contribution in [0.4, 0.5) is 4.39 Å². The Labute approximate surface area is 100 Å². The molecule has 1 nitrogen and oxygen atoms in total. The van der Waals surface area contributed by atoms with Crippen LogP contribution in [0.3, 0.4) is 0 Å². The Bertz CT molecular complexity index is 458. The molecule has 0 bridgehead atoms. The number of thiazole rings is 1. The molecule has 0 saturated heterocycles. The van der Waals surface area contributed by atoms with Gasteiger partial charge in [0.25, 0.3) is 0 Å². The SMILES string of the molecule is Fc1cccc(SCc2cnc(Cl)s2)c1. The fourth-order valence-electron chi connectivity index (χ4n) is 1.06. The molecule has 5 heteroatoms. The van der Waals surface area contributed by atoms with Crippen molar-refractivity contribution in [2.24, 2.45) is 0 Å². The maximum Gasteiger partial charge on any atom is 0.183 e. The van der Waals surface area contributed by atoms with Gasteiger partial charge < -0.3 is 0 Å². The molecule has 0 unspecified atom stereocenters. The van der Waals surface area contributed by atoms with E-state index in [9.17, 15) is 4.39 Å². The summed E-state index contributed by atoms with van der Waals surface area (Å²) in [4.78, 5) is 5.95. The largest absolute Gasteiger partial charge is 0.233 e. The molecule has 0 N–H and O–H groups in total. The minimum absolute atomic E-state index is 0.206. The Morgan fingerprint density at radius 2 is 2.33 bits per heavy atom. The van der Waals surface area contributed by atoms with Gasteiger partial charge in [0.15, 0.2) is 4.47 Å². The van der Waals surface area contributed by atoms with Crippen LogP contribution >= 0.6 is 34.7 Å². The lowest BCUT2D eigenvalue weighted by atomic mass is 10.4. The number of nitrogens with zero attached hydrogens (tertiary/aromatic N) is 1. The van der Waals surface area contributed by atoms with Crippen molar-refractivity contribution >= 4 is 34.7 Å². The van der Waals surface area contributed by atoms with Crippen molar-refractivity contribution in [3.8, 4) is 0 Å². The van der Waals surface area contributed by atoms with Crippen LogP contribution in [0.25, 0.3) is 0 Å². The van der Waals surface area contributed by atoms with E-state index in [2.05, 4.69) is 4.98 Å². The van der Waals surface area contributed by atoms with E-state index >= 15 is 0 Å². The summed E-state index contributed by atoms with van der Waals surface area (Å²) < 4.78 is 13.4. The van der Waals surface area contributed by atoms with Gasteiger partial charge in [0.1, 0.15) is 5.82 Å². The molecule has 0 atom stereocenters. The van der Waals surface area contributed by atoms with E-state index in [4.69, 9.17) is 11.6 Å². The summed E-state index contributed by atoms with van der Waals surface area (Å²) in [5.41, 5.74) is 0. The summed E-state index contributed by atoms with van der Waals surface area (Å²) in [6.45, 7) is 0. The fraction of sp³-hybridized carbons (Fsp3) is 0.100. The van der Waals surface area contributed by atoms with E-state index in [1.807, 2.05) is 6.07 Å². The van der Waals surface area contributed by atoms with Crippen molar-refractivity contribution in [2.75, 3.05) is 0 Å². The third kappa shape index (κ3) is 3.19. The van der Waals surface area contributed by atoms with E-state index in [0.29, 0.717) is 4.47 Å². The lowest BCUT2D eigenvalue weighted by molar-refractivity contribution is 0.624. The topological polar surface area (TPSA) is 12.9 Å². The quantitative estimate of drug-likeness (QED) is 0.765. The van der Waals surface area contributed by atoms with Crippen LogP contribution in [0.15, 0.2) is 35.4 Å². The first-order valence-corrected chi connectivity index (χ1v) is 6.40. The van der Waals surface area contributed by atoms with Crippen molar-refractivity contribution < 1.29 is 4.39 Å². The molecule has 2 rings (SSSR count).